The van der Waals surface area contributed by atoms with E-state index in [0.717, 1.165) is 17.4 Å². The fourth-order valence-electron chi connectivity index (χ4n) is 6.03. The highest BCUT2D eigenvalue weighted by Gasteiger charge is 2.47. The predicted octanol–water partition coefficient (Wildman–Crippen LogP) is 6.14. The van der Waals surface area contributed by atoms with Crippen LogP contribution in [0.5, 0.6) is 0 Å². The van der Waals surface area contributed by atoms with Gasteiger partial charge in [0.25, 0.3) is 0 Å². The Morgan fingerprint density at radius 1 is 1.16 bits per heavy atom. The number of nitrogens with one attached hydrogen (secondary N) is 1. The highest BCUT2D eigenvalue weighted by atomic mass is 32.3. The van der Waals surface area contributed by atoms with Crippen molar-refractivity contribution in [3.05, 3.63) is 59.8 Å². The van der Waals surface area contributed by atoms with Gasteiger partial charge in [0.1, 0.15) is 11.9 Å². The van der Waals surface area contributed by atoms with Gasteiger partial charge in [0, 0.05) is 43.1 Å². The summed E-state index contributed by atoms with van der Waals surface area (Å²) in [6.45, 7) is 6.38. The molecular weight excluding hydrogens is 593 g/mol. The number of anilines is 1. The summed E-state index contributed by atoms with van der Waals surface area (Å²) in [5.41, 5.74) is 3.43. The van der Waals surface area contributed by atoms with E-state index in [2.05, 4.69) is 21.3 Å². The number of pyridine rings is 1. The summed E-state index contributed by atoms with van der Waals surface area (Å²) in [4.78, 5) is 19.8. The van der Waals surface area contributed by atoms with Gasteiger partial charge in [-0.15, -0.1) is 0 Å². The van der Waals surface area contributed by atoms with Gasteiger partial charge in [0.2, 0.25) is 11.8 Å². The van der Waals surface area contributed by atoms with Crippen molar-refractivity contribution in [3.63, 3.8) is 0 Å². The van der Waals surface area contributed by atoms with Crippen LogP contribution in [0.15, 0.2) is 42.6 Å². The molecule has 5 rings (SSSR count). The summed E-state index contributed by atoms with van der Waals surface area (Å²) in [5, 5.41) is 17.1. The first-order valence-electron chi connectivity index (χ1n) is 14.7. The minimum absolute atomic E-state index is 0.00253. The molecule has 3 atom stereocenters. The third-order valence-corrected chi connectivity index (χ3v) is 10.3. The van der Waals surface area contributed by atoms with Crippen LogP contribution < -0.4 is 10.2 Å². The van der Waals surface area contributed by atoms with Crippen LogP contribution in [-0.4, -0.2) is 66.3 Å². The van der Waals surface area contributed by atoms with Crippen LogP contribution in [0.4, 0.5) is 18.9 Å². The third-order valence-electron chi connectivity index (χ3n) is 8.59. The lowest BCUT2D eigenvalue weighted by atomic mass is 9.73. The SMILES string of the molecule is Cc1c(-c2ccc(N3CCS(O)(O)CC3)cc2)c([C@@H]2CCC(F)(F)C[C@H]2C(=O)N[C@H](C#N)C(C)C)nn1-c1ccc(F)cn1. The molecule has 1 saturated carbocycles. The second-order valence-corrected chi connectivity index (χ2v) is 14.4. The Labute approximate surface area is 256 Å². The van der Waals surface area contributed by atoms with Crippen LogP contribution in [0.1, 0.15) is 50.4 Å². The molecule has 3 N–H and O–H groups in total. The van der Waals surface area contributed by atoms with Gasteiger partial charge < -0.3 is 10.2 Å². The zero-order chi connectivity index (χ0) is 31.8. The van der Waals surface area contributed by atoms with Gasteiger partial charge in [-0.3, -0.25) is 13.9 Å². The van der Waals surface area contributed by atoms with E-state index in [4.69, 9.17) is 5.10 Å². The fraction of sp³-hybridized carbons (Fsp3) is 0.484. The fourth-order valence-corrected chi connectivity index (χ4v) is 7.26. The first-order valence-corrected chi connectivity index (χ1v) is 16.6. The van der Waals surface area contributed by atoms with Gasteiger partial charge >= 0.3 is 0 Å². The van der Waals surface area contributed by atoms with E-state index in [-0.39, 0.29) is 12.3 Å². The maximum absolute atomic E-state index is 14.8. The number of aromatic nitrogens is 3. The molecule has 0 radical (unpaired) electrons. The molecule has 2 fully saturated rings. The van der Waals surface area contributed by atoms with Crippen molar-refractivity contribution in [1.82, 2.24) is 20.1 Å². The number of halogens is 3. The summed E-state index contributed by atoms with van der Waals surface area (Å²) in [7, 11) is -2.55. The molecule has 3 heterocycles. The molecule has 1 aliphatic carbocycles. The zero-order valence-electron chi connectivity index (χ0n) is 24.9. The highest BCUT2D eigenvalue weighted by Crippen LogP contribution is 2.48. The molecule has 236 valence electrons. The Morgan fingerprint density at radius 2 is 1.84 bits per heavy atom. The minimum atomic E-state index is -3.05. The summed E-state index contributed by atoms with van der Waals surface area (Å²) < 4.78 is 64.9. The van der Waals surface area contributed by atoms with E-state index in [9.17, 15) is 32.3 Å². The van der Waals surface area contributed by atoms with Crippen LogP contribution in [0.25, 0.3) is 16.9 Å². The Hall–Kier alpha value is -3.60. The van der Waals surface area contributed by atoms with Gasteiger partial charge in [-0.05, 0) is 49.1 Å². The van der Waals surface area contributed by atoms with E-state index in [0.29, 0.717) is 47.4 Å². The molecule has 0 bridgehead atoms. The van der Waals surface area contributed by atoms with Crippen molar-refractivity contribution in [2.24, 2.45) is 11.8 Å². The molecule has 13 heteroatoms. The molecule has 0 unspecified atom stereocenters. The molecule has 1 aliphatic heterocycles. The number of carbonyl (C=O) groups excluding carboxylic acids is 1. The average Bonchev–Trinajstić information content (AvgIpc) is 3.32. The molecule has 3 aromatic rings. The first kappa shape index (κ1) is 31.8. The number of nitriles is 1. The molecule has 44 heavy (non-hydrogen) atoms. The number of nitrogens with zero attached hydrogens (tertiary/aromatic N) is 5. The largest absolute Gasteiger partial charge is 0.368 e. The zero-order valence-corrected chi connectivity index (χ0v) is 25.7. The van der Waals surface area contributed by atoms with Gasteiger partial charge in [-0.1, -0.05) is 26.0 Å². The van der Waals surface area contributed by atoms with Gasteiger partial charge in [-0.25, -0.2) is 22.8 Å². The molecule has 0 spiro atoms. The second-order valence-electron chi connectivity index (χ2n) is 12.0. The van der Waals surface area contributed by atoms with Crippen molar-refractivity contribution in [3.8, 4) is 23.0 Å². The van der Waals surface area contributed by atoms with Crippen LogP contribution in [0.3, 0.4) is 0 Å². The number of amides is 1. The summed E-state index contributed by atoms with van der Waals surface area (Å²) >= 11 is 0. The van der Waals surface area contributed by atoms with E-state index >= 15 is 0 Å². The quantitative estimate of drug-likeness (QED) is 0.286. The van der Waals surface area contributed by atoms with Crippen molar-refractivity contribution >= 4 is 22.2 Å². The van der Waals surface area contributed by atoms with Gasteiger partial charge in [0.15, 0.2) is 5.82 Å². The third kappa shape index (κ3) is 6.72. The van der Waals surface area contributed by atoms with Gasteiger partial charge in [-0.2, -0.15) is 21.0 Å². The second kappa shape index (κ2) is 12.4. The lowest BCUT2D eigenvalue weighted by Gasteiger charge is -2.41. The van der Waals surface area contributed by atoms with E-state index in [1.165, 1.54) is 12.1 Å². The number of carbonyl (C=O) groups is 1. The van der Waals surface area contributed by atoms with Crippen molar-refractivity contribution in [2.75, 3.05) is 29.5 Å². The Balaban J connectivity index is 1.57. The molecular formula is C31H37F3N6O3S. The maximum atomic E-state index is 14.8. The summed E-state index contributed by atoms with van der Waals surface area (Å²) in [5.74, 6) is -5.26. The monoisotopic (exact) mass is 630 g/mol. The van der Waals surface area contributed by atoms with Crippen LogP contribution in [-0.2, 0) is 4.79 Å². The summed E-state index contributed by atoms with van der Waals surface area (Å²) in [6, 6.07) is 11.6. The Kier molecular flexibility index (Phi) is 8.98. The molecule has 2 aromatic heterocycles. The summed E-state index contributed by atoms with van der Waals surface area (Å²) in [6.07, 6.45) is -0.0141. The van der Waals surface area contributed by atoms with Crippen LogP contribution in [0.2, 0.25) is 0 Å². The number of benzene rings is 1. The van der Waals surface area contributed by atoms with E-state index in [1.54, 1.807) is 18.5 Å². The van der Waals surface area contributed by atoms with Crippen LogP contribution in [0, 0.1) is 35.9 Å². The lowest BCUT2D eigenvalue weighted by molar-refractivity contribution is -0.134. The Morgan fingerprint density at radius 3 is 2.43 bits per heavy atom. The molecule has 1 saturated heterocycles. The number of hydrogen-bond donors (Lipinski definition) is 3. The van der Waals surface area contributed by atoms with Crippen molar-refractivity contribution in [2.45, 2.75) is 57.9 Å². The smallest absolute Gasteiger partial charge is 0.249 e. The normalized spacial score (nSPS) is 22.7. The number of rotatable bonds is 7. The Bertz CT molecular complexity index is 1530. The number of hydrogen-bond acceptors (Lipinski definition) is 7. The molecule has 1 aromatic carbocycles. The van der Waals surface area contributed by atoms with Crippen LogP contribution >= 0.6 is 10.6 Å². The first-order chi connectivity index (χ1) is 20.8. The number of alkyl halides is 2. The van der Waals surface area contributed by atoms with E-state index < -0.39 is 59.0 Å². The highest BCUT2D eigenvalue weighted by molar-refractivity contribution is 8.24. The van der Waals surface area contributed by atoms with E-state index in [1.807, 2.05) is 31.2 Å². The molecule has 1 amide bonds. The average molecular weight is 631 g/mol. The lowest BCUT2D eigenvalue weighted by Crippen LogP contribution is -2.46. The predicted molar refractivity (Wildman–Crippen MR) is 164 cm³/mol. The van der Waals surface area contributed by atoms with Crippen molar-refractivity contribution in [1.29, 1.82) is 5.26 Å². The molecule has 2 aliphatic rings. The topological polar surface area (TPSA) is 127 Å². The molecule has 9 nitrogen and oxygen atoms in total. The minimum Gasteiger partial charge on any atom is -0.368 e. The maximum Gasteiger partial charge on any atom is 0.249 e. The van der Waals surface area contributed by atoms with Crippen molar-refractivity contribution < 1.29 is 27.1 Å². The van der Waals surface area contributed by atoms with Gasteiger partial charge in [0.05, 0.1) is 41.1 Å². The standard InChI is InChI=1S/C31H37F3N6O3S/c1-19(2)26(17-35)37-30(41)25-16-31(33,34)11-10-24(25)29-28(20(3)40(38-29)27-9-6-22(32)18-36-27)21-4-7-23(8-5-21)39-12-14-44(42,43)15-13-39/h4-9,18-19,24-26,42-43H,10-16H2,1-3H3,(H,37,41)/t24-,25-,26-/m1/s1.